The van der Waals surface area contributed by atoms with Crippen LogP contribution in [0, 0.1) is 10.1 Å². The van der Waals surface area contributed by atoms with Crippen molar-refractivity contribution in [2.45, 2.75) is 6.54 Å². The lowest BCUT2D eigenvalue weighted by Gasteiger charge is -2.07. The third-order valence-corrected chi connectivity index (χ3v) is 4.83. The van der Waals surface area contributed by atoms with Gasteiger partial charge >= 0.3 is 0 Å². The largest absolute Gasteiger partial charge is 0.319 e. The molecular formula is C21H15ClN4O3. The molecule has 1 amide bonds. The topological polar surface area (TPSA) is 90.1 Å². The lowest BCUT2D eigenvalue weighted by atomic mass is 10.0. The Morgan fingerprint density at radius 2 is 1.93 bits per heavy atom. The second kappa shape index (κ2) is 7.73. The van der Waals surface area contributed by atoms with E-state index in [4.69, 9.17) is 11.6 Å². The van der Waals surface area contributed by atoms with Gasteiger partial charge in [0, 0.05) is 17.8 Å². The normalized spacial score (nSPS) is 10.8. The Balaban J connectivity index is 1.52. The zero-order valence-electron chi connectivity index (χ0n) is 15.1. The number of nitro benzene ring substituents is 1. The molecule has 1 aromatic heterocycles. The second-order valence-corrected chi connectivity index (χ2v) is 6.85. The summed E-state index contributed by atoms with van der Waals surface area (Å²) >= 11 is 5.79. The quantitative estimate of drug-likeness (QED) is 0.377. The monoisotopic (exact) mass is 406 g/mol. The van der Waals surface area contributed by atoms with Gasteiger partial charge in [0.05, 0.1) is 23.4 Å². The minimum Gasteiger partial charge on any atom is -0.319 e. The van der Waals surface area contributed by atoms with Crippen LogP contribution in [-0.4, -0.2) is 20.6 Å². The first-order chi connectivity index (χ1) is 14.0. The molecule has 0 radical (unpaired) electrons. The molecule has 1 heterocycles. The first-order valence-electron chi connectivity index (χ1n) is 8.75. The molecule has 144 valence electrons. The van der Waals surface area contributed by atoms with Gasteiger partial charge in [-0.2, -0.15) is 5.10 Å². The lowest BCUT2D eigenvalue weighted by molar-refractivity contribution is -0.384. The molecule has 0 saturated carbocycles. The fourth-order valence-electron chi connectivity index (χ4n) is 3.12. The van der Waals surface area contributed by atoms with Crippen molar-refractivity contribution >= 4 is 39.7 Å². The molecule has 0 atom stereocenters. The Labute approximate surface area is 170 Å². The molecule has 0 unspecified atom stereocenters. The highest BCUT2D eigenvalue weighted by molar-refractivity contribution is 6.32. The molecule has 1 N–H and O–H groups in total. The number of nitro groups is 1. The van der Waals surface area contributed by atoms with Gasteiger partial charge in [0.1, 0.15) is 5.02 Å². The van der Waals surface area contributed by atoms with Gasteiger partial charge in [-0.25, -0.2) is 0 Å². The molecule has 0 bridgehead atoms. The Hall–Kier alpha value is -3.71. The third-order valence-electron chi connectivity index (χ3n) is 4.51. The maximum absolute atomic E-state index is 12.4. The zero-order chi connectivity index (χ0) is 20.4. The number of hydrogen-bond donors (Lipinski definition) is 1. The molecule has 0 aliphatic carbocycles. The van der Waals surface area contributed by atoms with Gasteiger partial charge in [-0.05, 0) is 28.5 Å². The number of nitrogens with one attached hydrogen (secondary N) is 1. The van der Waals surface area contributed by atoms with Crippen LogP contribution in [0.5, 0.6) is 0 Å². The third kappa shape index (κ3) is 3.95. The number of benzene rings is 3. The molecule has 8 heteroatoms. The molecule has 4 rings (SSSR count). The van der Waals surface area contributed by atoms with Crippen LogP contribution < -0.4 is 5.32 Å². The average Bonchev–Trinajstić information content (AvgIpc) is 3.15. The number of rotatable bonds is 5. The van der Waals surface area contributed by atoms with Crippen LogP contribution in [-0.2, 0) is 6.54 Å². The van der Waals surface area contributed by atoms with Crippen LogP contribution >= 0.6 is 11.6 Å². The van der Waals surface area contributed by atoms with Gasteiger partial charge in [0.2, 0.25) is 0 Å². The number of aromatic nitrogens is 2. The second-order valence-electron chi connectivity index (χ2n) is 6.44. The number of nitrogens with zero attached hydrogens (tertiary/aromatic N) is 3. The van der Waals surface area contributed by atoms with E-state index < -0.39 is 10.8 Å². The zero-order valence-corrected chi connectivity index (χ0v) is 15.8. The first-order valence-corrected chi connectivity index (χ1v) is 9.13. The fourth-order valence-corrected chi connectivity index (χ4v) is 3.30. The molecule has 4 aromatic rings. The summed E-state index contributed by atoms with van der Waals surface area (Å²) in [4.78, 5) is 22.8. The van der Waals surface area contributed by atoms with Crippen molar-refractivity contribution in [2.24, 2.45) is 0 Å². The minimum absolute atomic E-state index is 0.0190. The number of fused-ring (bicyclic) bond motifs is 1. The molecule has 29 heavy (non-hydrogen) atoms. The number of anilines is 1. The predicted molar refractivity (Wildman–Crippen MR) is 111 cm³/mol. The van der Waals surface area contributed by atoms with Crippen LogP contribution in [0.4, 0.5) is 11.4 Å². The van der Waals surface area contributed by atoms with E-state index in [0.29, 0.717) is 12.2 Å². The van der Waals surface area contributed by atoms with E-state index >= 15 is 0 Å². The Kier molecular flexibility index (Phi) is 4.97. The van der Waals surface area contributed by atoms with Crippen molar-refractivity contribution in [2.75, 3.05) is 5.32 Å². The average molecular weight is 407 g/mol. The van der Waals surface area contributed by atoms with Gasteiger partial charge in [0.15, 0.2) is 0 Å². The van der Waals surface area contributed by atoms with E-state index in [0.717, 1.165) is 22.4 Å². The van der Waals surface area contributed by atoms with Crippen molar-refractivity contribution in [3.8, 4) is 0 Å². The van der Waals surface area contributed by atoms with E-state index in [9.17, 15) is 14.9 Å². The standard InChI is InChI=1S/C21H15ClN4O3/c22-19-9-8-15(10-20(19)26(28)29)21(27)24-17-11-23-25(13-17)12-16-6-3-5-14-4-1-2-7-18(14)16/h1-11,13H,12H2,(H,24,27). The Bertz CT molecular complexity index is 1230. The number of amides is 1. The van der Waals surface area contributed by atoms with E-state index in [2.05, 4.69) is 28.6 Å². The highest BCUT2D eigenvalue weighted by Gasteiger charge is 2.17. The fraction of sp³-hybridized carbons (Fsp3) is 0.0476. The molecular weight excluding hydrogens is 392 g/mol. The van der Waals surface area contributed by atoms with Crippen LogP contribution in [0.2, 0.25) is 5.02 Å². The van der Waals surface area contributed by atoms with E-state index in [1.807, 2.05) is 24.3 Å². The Morgan fingerprint density at radius 3 is 2.76 bits per heavy atom. The maximum Gasteiger partial charge on any atom is 0.288 e. The summed E-state index contributed by atoms with van der Waals surface area (Å²) in [5.41, 5.74) is 1.43. The number of carbonyl (C=O) groups is 1. The highest BCUT2D eigenvalue weighted by atomic mass is 35.5. The summed E-state index contributed by atoms with van der Waals surface area (Å²) in [5.74, 6) is -0.477. The number of hydrogen-bond acceptors (Lipinski definition) is 4. The first kappa shape index (κ1) is 18.6. The van der Waals surface area contributed by atoms with Crippen molar-refractivity contribution in [1.82, 2.24) is 9.78 Å². The van der Waals surface area contributed by atoms with Gasteiger partial charge in [0.25, 0.3) is 11.6 Å². The van der Waals surface area contributed by atoms with Gasteiger partial charge in [-0.3, -0.25) is 19.6 Å². The predicted octanol–water partition coefficient (Wildman–Crippen LogP) is 4.90. The summed E-state index contributed by atoms with van der Waals surface area (Å²) in [6.45, 7) is 0.545. The molecule has 0 saturated heterocycles. The van der Waals surface area contributed by atoms with Gasteiger partial charge in [-0.1, -0.05) is 54.1 Å². The van der Waals surface area contributed by atoms with Gasteiger partial charge in [-0.15, -0.1) is 0 Å². The van der Waals surface area contributed by atoms with Crippen molar-refractivity contribution in [3.63, 3.8) is 0 Å². The van der Waals surface area contributed by atoms with Gasteiger partial charge < -0.3 is 5.32 Å². The summed E-state index contributed by atoms with van der Waals surface area (Å²) < 4.78 is 1.72. The molecule has 0 aliphatic heterocycles. The molecule has 3 aromatic carbocycles. The van der Waals surface area contributed by atoms with Crippen molar-refractivity contribution in [1.29, 1.82) is 0 Å². The van der Waals surface area contributed by atoms with E-state index in [-0.39, 0.29) is 16.3 Å². The summed E-state index contributed by atoms with van der Waals surface area (Å²) in [6.07, 6.45) is 3.25. The van der Waals surface area contributed by atoms with Crippen LogP contribution in [0.15, 0.2) is 73.1 Å². The molecule has 0 spiro atoms. The molecule has 0 fully saturated rings. The van der Waals surface area contributed by atoms with E-state index in [1.165, 1.54) is 18.3 Å². The molecule has 7 nitrogen and oxygen atoms in total. The summed E-state index contributed by atoms with van der Waals surface area (Å²) in [6, 6.07) is 18.1. The van der Waals surface area contributed by atoms with Crippen LogP contribution in [0.3, 0.4) is 0 Å². The Morgan fingerprint density at radius 1 is 1.14 bits per heavy atom. The number of carbonyl (C=O) groups excluding carboxylic acids is 1. The highest BCUT2D eigenvalue weighted by Crippen LogP contribution is 2.25. The van der Waals surface area contributed by atoms with Crippen molar-refractivity contribution < 1.29 is 9.72 Å². The van der Waals surface area contributed by atoms with Crippen molar-refractivity contribution in [3.05, 3.63) is 99.3 Å². The molecule has 0 aliphatic rings. The maximum atomic E-state index is 12.4. The summed E-state index contributed by atoms with van der Waals surface area (Å²) in [5, 5.41) is 20.3. The SMILES string of the molecule is O=C(Nc1cnn(Cc2cccc3ccccc23)c1)c1ccc(Cl)c([N+](=O)[O-])c1. The van der Waals surface area contributed by atoms with E-state index in [1.54, 1.807) is 10.9 Å². The van der Waals surface area contributed by atoms with Crippen LogP contribution in [0.25, 0.3) is 10.8 Å². The summed E-state index contributed by atoms with van der Waals surface area (Å²) in [7, 11) is 0. The number of halogens is 1. The lowest BCUT2D eigenvalue weighted by Crippen LogP contribution is -2.11. The van der Waals surface area contributed by atoms with Crippen LogP contribution in [0.1, 0.15) is 15.9 Å². The smallest absolute Gasteiger partial charge is 0.288 e. The minimum atomic E-state index is -0.624.